The third kappa shape index (κ3) is 3.75. The highest BCUT2D eigenvalue weighted by Crippen LogP contribution is 2.31. The second kappa shape index (κ2) is 7.71. The minimum atomic E-state index is -0.395. The van der Waals surface area contributed by atoms with Gasteiger partial charge >= 0.3 is 0 Å². The van der Waals surface area contributed by atoms with E-state index in [9.17, 15) is 14.9 Å². The van der Waals surface area contributed by atoms with Gasteiger partial charge in [0.05, 0.1) is 28.3 Å². The van der Waals surface area contributed by atoms with Gasteiger partial charge in [0.2, 0.25) is 0 Å². The fourth-order valence-electron chi connectivity index (χ4n) is 3.11. The zero-order chi connectivity index (χ0) is 19.6. The standard InChI is InChI=1S/C18H19ClN4O4/c1-27-17-11-14(20)13(19)10-12(17)18(24)22-8-6-21(7-9-22)15-4-2-3-5-16(15)23(25)26/h2-5,10-11H,6-9,20H2,1H3. The first-order valence-corrected chi connectivity index (χ1v) is 8.71. The molecule has 2 N–H and O–H groups in total. The van der Waals surface area contributed by atoms with Crippen LogP contribution in [0.1, 0.15) is 10.4 Å². The van der Waals surface area contributed by atoms with E-state index in [-0.39, 0.29) is 16.6 Å². The number of hydrogen-bond acceptors (Lipinski definition) is 6. The summed E-state index contributed by atoms with van der Waals surface area (Å²) in [5, 5.41) is 11.5. The lowest BCUT2D eigenvalue weighted by atomic mass is 10.1. The summed E-state index contributed by atoms with van der Waals surface area (Å²) in [6.07, 6.45) is 0. The quantitative estimate of drug-likeness (QED) is 0.489. The molecule has 1 amide bonds. The number of benzene rings is 2. The number of nitrogens with zero attached hydrogens (tertiary/aromatic N) is 3. The van der Waals surface area contributed by atoms with E-state index in [1.165, 1.54) is 25.3 Å². The third-order valence-electron chi connectivity index (χ3n) is 4.54. The van der Waals surface area contributed by atoms with Crippen molar-refractivity contribution in [2.24, 2.45) is 0 Å². The Kier molecular flexibility index (Phi) is 5.36. The zero-order valence-electron chi connectivity index (χ0n) is 14.7. The van der Waals surface area contributed by atoms with E-state index in [1.54, 1.807) is 23.1 Å². The van der Waals surface area contributed by atoms with E-state index in [1.807, 2.05) is 4.90 Å². The van der Waals surface area contributed by atoms with E-state index in [2.05, 4.69) is 0 Å². The number of halogens is 1. The predicted octanol–water partition coefficient (Wildman–Crippen LogP) is 2.80. The highest BCUT2D eigenvalue weighted by atomic mass is 35.5. The summed E-state index contributed by atoms with van der Waals surface area (Å²) >= 11 is 6.05. The van der Waals surface area contributed by atoms with Crippen LogP contribution in [0.4, 0.5) is 17.1 Å². The largest absolute Gasteiger partial charge is 0.496 e. The molecule has 2 aromatic rings. The number of nitrogen functional groups attached to an aromatic ring is 1. The van der Waals surface area contributed by atoms with Crippen molar-refractivity contribution in [3.63, 3.8) is 0 Å². The lowest BCUT2D eigenvalue weighted by Gasteiger charge is -2.36. The van der Waals surface area contributed by atoms with Crippen LogP contribution in [0, 0.1) is 10.1 Å². The van der Waals surface area contributed by atoms with Gasteiger partial charge in [-0.05, 0) is 12.1 Å². The number of para-hydroxylation sites is 2. The van der Waals surface area contributed by atoms with Crippen molar-refractivity contribution in [2.75, 3.05) is 43.9 Å². The molecule has 0 unspecified atom stereocenters. The number of carbonyl (C=O) groups is 1. The van der Waals surface area contributed by atoms with Crippen molar-refractivity contribution in [3.05, 3.63) is 57.1 Å². The SMILES string of the molecule is COc1cc(N)c(Cl)cc1C(=O)N1CCN(c2ccccc2[N+](=O)[O-])CC1. The number of rotatable bonds is 4. The first-order valence-electron chi connectivity index (χ1n) is 8.33. The number of ether oxygens (including phenoxy) is 1. The van der Waals surface area contributed by atoms with Crippen molar-refractivity contribution in [3.8, 4) is 5.75 Å². The maximum atomic E-state index is 12.9. The van der Waals surface area contributed by atoms with Gasteiger partial charge in [0.1, 0.15) is 11.4 Å². The predicted molar refractivity (Wildman–Crippen MR) is 104 cm³/mol. The Morgan fingerprint density at radius 1 is 1.22 bits per heavy atom. The summed E-state index contributed by atoms with van der Waals surface area (Å²) in [4.78, 5) is 27.3. The summed E-state index contributed by atoms with van der Waals surface area (Å²) in [5.74, 6) is 0.152. The fraction of sp³-hybridized carbons (Fsp3) is 0.278. The highest BCUT2D eigenvalue weighted by molar-refractivity contribution is 6.33. The minimum absolute atomic E-state index is 0.0595. The molecule has 1 aliphatic heterocycles. The van der Waals surface area contributed by atoms with Gasteiger partial charge < -0.3 is 20.3 Å². The van der Waals surface area contributed by atoms with E-state index in [0.29, 0.717) is 48.9 Å². The number of hydrogen-bond donors (Lipinski definition) is 1. The van der Waals surface area contributed by atoms with E-state index >= 15 is 0 Å². The smallest absolute Gasteiger partial charge is 0.292 e. The van der Waals surface area contributed by atoms with Gasteiger partial charge in [-0.3, -0.25) is 14.9 Å². The highest BCUT2D eigenvalue weighted by Gasteiger charge is 2.27. The summed E-state index contributed by atoms with van der Waals surface area (Å²) in [7, 11) is 1.46. The maximum absolute atomic E-state index is 12.9. The Morgan fingerprint density at radius 3 is 2.52 bits per heavy atom. The molecule has 0 aromatic heterocycles. The minimum Gasteiger partial charge on any atom is -0.496 e. The van der Waals surface area contributed by atoms with E-state index in [0.717, 1.165) is 0 Å². The molecule has 1 saturated heterocycles. The van der Waals surface area contributed by atoms with Gasteiger partial charge in [-0.2, -0.15) is 0 Å². The monoisotopic (exact) mass is 390 g/mol. The summed E-state index contributed by atoms with van der Waals surface area (Å²) < 4.78 is 5.25. The molecular weight excluding hydrogens is 372 g/mol. The second-order valence-electron chi connectivity index (χ2n) is 6.10. The van der Waals surface area contributed by atoms with Crippen molar-refractivity contribution < 1.29 is 14.5 Å². The van der Waals surface area contributed by atoms with Gasteiger partial charge in [-0.1, -0.05) is 23.7 Å². The van der Waals surface area contributed by atoms with Crippen LogP contribution < -0.4 is 15.4 Å². The number of carbonyl (C=O) groups excluding carboxylic acids is 1. The van der Waals surface area contributed by atoms with Crippen LogP contribution in [0.25, 0.3) is 0 Å². The molecule has 0 aliphatic carbocycles. The van der Waals surface area contributed by atoms with Gasteiger partial charge in [-0.15, -0.1) is 0 Å². The van der Waals surface area contributed by atoms with E-state index < -0.39 is 4.92 Å². The molecule has 142 valence electrons. The molecule has 3 rings (SSSR count). The van der Waals surface area contributed by atoms with Crippen molar-refractivity contribution in [1.29, 1.82) is 0 Å². The molecule has 1 fully saturated rings. The van der Waals surface area contributed by atoms with Crippen LogP contribution in [0.3, 0.4) is 0 Å². The van der Waals surface area contributed by atoms with Crippen LogP contribution in [-0.4, -0.2) is 49.0 Å². The number of nitrogens with two attached hydrogens (primary N) is 1. The van der Waals surface area contributed by atoms with Crippen LogP contribution in [-0.2, 0) is 0 Å². The molecule has 9 heteroatoms. The van der Waals surface area contributed by atoms with Crippen molar-refractivity contribution in [1.82, 2.24) is 4.90 Å². The molecule has 0 atom stereocenters. The average molecular weight is 391 g/mol. The molecule has 1 aliphatic rings. The molecule has 0 spiro atoms. The van der Waals surface area contributed by atoms with Gasteiger partial charge in [0, 0.05) is 38.3 Å². The molecule has 2 aromatic carbocycles. The lowest BCUT2D eigenvalue weighted by Crippen LogP contribution is -2.49. The Hall–Kier alpha value is -3.00. The number of methoxy groups -OCH3 is 1. The Balaban J connectivity index is 1.76. The molecule has 0 bridgehead atoms. The third-order valence-corrected chi connectivity index (χ3v) is 4.86. The normalized spacial score (nSPS) is 14.1. The lowest BCUT2D eigenvalue weighted by molar-refractivity contribution is -0.384. The summed E-state index contributed by atoms with van der Waals surface area (Å²) in [6, 6.07) is 9.64. The second-order valence-corrected chi connectivity index (χ2v) is 6.51. The molecular formula is C18H19ClN4O4. The number of nitro benzene ring substituents is 1. The summed E-state index contributed by atoms with van der Waals surface area (Å²) in [5.41, 5.74) is 7.07. The number of nitro groups is 1. The van der Waals surface area contributed by atoms with Gasteiger partial charge in [-0.25, -0.2) is 0 Å². The van der Waals surface area contributed by atoms with Crippen molar-refractivity contribution >= 4 is 34.6 Å². The number of anilines is 2. The topological polar surface area (TPSA) is 102 Å². The fourth-order valence-corrected chi connectivity index (χ4v) is 3.28. The molecule has 8 nitrogen and oxygen atoms in total. The molecule has 1 heterocycles. The van der Waals surface area contributed by atoms with Gasteiger partial charge in [0.15, 0.2) is 0 Å². The molecule has 0 saturated carbocycles. The Morgan fingerprint density at radius 2 is 1.89 bits per heavy atom. The average Bonchev–Trinajstić information content (AvgIpc) is 2.69. The Bertz CT molecular complexity index is 882. The van der Waals surface area contributed by atoms with Crippen LogP contribution >= 0.6 is 11.6 Å². The molecule has 27 heavy (non-hydrogen) atoms. The van der Waals surface area contributed by atoms with Crippen LogP contribution in [0.2, 0.25) is 5.02 Å². The Labute approximate surface area is 161 Å². The number of amides is 1. The zero-order valence-corrected chi connectivity index (χ0v) is 15.5. The maximum Gasteiger partial charge on any atom is 0.292 e. The van der Waals surface area contributed by atoms with Crippen LogP contribution in [0.5, 0.6) is 5.75 Å². The number of piperazine rings is 1. The first-order chi connectivity index (χ1) is 12.9. The van der Waals surface area contributed by atoms with Crippen molar-refractivity contribution in [2.45, 2.75) is 0 Å². The van der Waals surface area contributed by atoms with Crippen LogP contribution in [0.15, 0.2) is 36.4 Å². The molecule has 0 radical (unpaired) electrons. The van der Waals surface area contributed by atoms with Gasteiger partial charge in [0.25, 0.3) is 11.6 Å². The van der Waals surface area contributed by atoms with E-state index in [4.69, 9.17) is 22.1 Å². The summed E-state index contributed by atoms with van der Waals surface area (Å²) in [6.45, 7) is 1.83. The first kappa shape index (κ1) is 18.8.